The highest BCUT2D eigenvalue weighted by Gasteiger charge is 2.13. The summed E-state index contributed by atoms with van der Waals surface area (Å²) in [6, 6.07) is 16.8. The second-order valence-electron chi connectivity index (χ2n) is 6.55. The van der Waals surface area contributed by atoms with Crippen molar-refractivity contribution in [3.63, 3.8) is 0 Å². The van der Waals surface area contributed by atoms with Gasteiger partial charge in [-0.1, -0.05) is 18.2 Å². The second-order valence-corrected chi connectivity index (χ2v) is 7.51. The fourth-order valence-corrected chi connectivity index (χ4v) is 4.25. The summed E-state index contributed by atoms with van der Waals surface area (Å²) in [5.74, 6) is 1.19. The van der Waals surface area contributed by atoms with E-state index >= 15 is 0 Å². The van der Waals surface area contributed by atoms with E-state index in [2.05, 4.69) is 15.1 Å². The lowest BCUT2D eigenvalue weighted by atomic mass is 10.1. The Morgan fingerprint density at radius 3 is 2.77 bits per heavy atom. The van der Waals surface area contributed by atoms with E-state index in [-0.39, 0.29) is 0 Å². The molecule has 0 aliphatic carbocycles. The fraction of sp³-hybridized carbons (Fsp3) is 0.0909. The summed E-state index contributed by atoms with van der Waals surface area (Å²) in [6.45, 7) is 0. The average molecular weight is 416 g/mol. The van der Waals surface area contributed by atoms with Crippen molar-refractivity contribution in [1.82, 2.24) is 19.7 Å². The predicted octanol–water partition coefficient (Wildman–Crippen LogP) is 4.22. The normalized spacial score (nSPS) is 11.2. The number of methoxy groups -OCH3 is 1. The van der Waals surface area contributed by atoms with Gasteiger partial charge in [0, 0.05) is 23.3 Å². The summed E-state index contributed by atoms with van der Waals surface area (Å²) < 4.78 is 12.4. The van der Waals surface area contributed by atoms with Crippen LogP contribution in [-0.2, 0) is 5.75 Å². The number of para-hydroxylation sites is 1. The monoisotopic (exact) mass is 416 g/mol. The van der Waals surface area contributed by atoms with E-state index in [1.165, 1.54) is 24.2 Å². The number of fused-ring (bicyclic) bond motifs is 2. The van der Waals surface area contributed by atoms with Crippen molar-refractivity contribution in [3.8, 4) is 11.4 Å². The molecular formula is C22H16N4O3S. The van der Waals surface area contributed by atoms with Gasteiger partial charge in [0.1, 0.15) is 22.7 Å². The first-order valence-electron chi connectivity index (χ1n) is 9.20. The van der Waals surface area contributed by atoms with E-state index in [4.69, 9.17) is 9.15 Å². The fourth-order valence-electron chi connectivity index (χ4n) is 3.30. The molecule has 3 heterocycles. The molecule has 7 nitrogen and oxygen atoms in total. The van der Waals surface area contributed by atoms with E-state index in [0.29, 0.717) is 17.1 Å². The van der Waals surface area contributed by atoms with E-state index < -0.39 is 5.63 Å². The molecule has 5 rings (SSSR count). The van der Waals surface area contributed by atoms with Gasteiger partial charge in [-0.25, -0.2) is 19.4 Å². The molecule has 0 atom stereocenters. The molecule has 148 valence electrons. The number of thioether (sulfide) groups is 1. The summed E-state index contributed by atoms with van der Waals surface area (Å²) in [5.41, 5.74) is 2.65. The first-order valence-corrected chi connectivity index (χ1v) is 10.2. The molecule has 3 aromatic heterocycles. The maximum absolute atomic E-state index is 12.0. The third-order valence-electron chi connectivity index (χ3n) is 4.73. The highest BCUT2D eigenvalue weighted by atomic mass is 32.2. The minimum absolute atomic E-state index is 0.393. The standard InChI is InChI=1S/C22H16N4O3S/c1-28-16-7-8-17-14(9-20(27)29-19(17)10-16)12-30-22-18-11-25-26(21(18)23-13-24-22)15-5-3-2-4-6-15/h2-11,13H,12H2,1H3. The average Bonchev–Trinajstić information content (AvgIpc) is 3.22. The Bertz CT molecular complexity index is 1410. The molecule has 0 unspecified atom stereocenters. The van der Waals surface area contributed by atoms with Crippen LogP contribution in [0.3, 0.4) is 0 Å². The summed E-state index contributed by atoms with van der Waals surface area (Å²) in [6.07, 6.45) is 3.31. The largest absolute Gasteiger partial charge is 0.497 e. The Morgan fingerprint density at radius 2 is 1.93 bits per heavy atom. The van der Waals surface area contributed by atoms with Gasteiger partial charge in [-0.05, 0) is 29.8 Å². The van der Waals surface area contributed by atoms with Gasteiger partial charge < -0.3 is 9.15 Å². The second kappa shape index (κ2) is 7.64. The zero-order valence-electron chi connectivity index (χ0n) is 16.0. The third kappa shape index (κ3) is 3.31. The van der Waals surface area contributed by atoms with Crippen molar-refractivity contribution >= 4 is 33.8 Å². The van der Waals surface area contributed by atoms with Crippen molar-refractivity contribution in [1.29, 1.82) is 0 Å². The molecule has 0 saturated carbocycles. The molecule has 5 aromatic rings. The van der Waals surface area contributed by atoms with Gasteiger partial charge >= 0.3 is 5.63 Å². The van der Waals surface area contributed by atoms with Gasteiger partial charge in [0.05, 0.1) is 24.4 Å². The highest BCUT2D eigenvalue weighted by molar-refractivity contribution is 7.98. The lowest BCUT2D eigenvalue weighted by Crippen LogP contribution is -2.00. The van der Waals surface area contributed by atoms with Gasteiger partial charge in [-0.3, -0.25) is 0 Å². The molecule has 0 N–H and O–H groups in total. The van der Waals surface area contributed by atoms with Crippen LogP contribution in [0.4, 0.5) is 0 Å². The van der Waals surface area contributed by atoms with Crippen LogP contribution in [0.15, 0.2) is 81.4 Å². The summed E-state index contributed by atoms with van der Waals surface area (Å²) in [7, 11) is 1.58. The maximum atomic E-state index is 12.0. The number of hydrogen-bond donors (Lipinski definition) is 0. The smallest absolute Gasteiger partial charge is 0.336 e. The number of benzene rings is 2. The summed E-state index contributed by atoms with van der Waals surface area (Å²) >= 11 is 1.53. The first-order chi connectivity index (χ1) is 14.7. The molecule has 0 aliphatic heterocycles. The van der Waals surface area contributed by atoms with Crippen molar-refractivity contribution in [2.75, 3.05) is 7.11 Å². The maximum Gasteiger partial charge on any atom is 0.336 e. The zero-order valence-corrected chi connectivity index (χ0v) is 16.8. The zero-order chi connectivity index (χ0) is 20.5. The van der Waals surface area contributed by atoms with Crippen molar-refractivity contribution in [2.45, 2.75) is 10.8 Å². The van der Waals surface area contributed by atoms with Gasteiger partial charge in [-0.15, -0.1) is 11.8 Å². The minimum atomic E-state index is -0.393. The summed E-state index contributed by atoms with van der Waals surface area (Å²) in [4.78, 5) is 20.9. The van der Waals surface area contributed by atoms with Gasteiger partial charge in [0.25, 0.3) is 0 Å². The third-order valence-corrected chi connectivity index (χ3v) is 5.79. The molecule has 2 aromatic carbocycles. The molecule has 8 heteroatoms. The van der Waals surface area contributed by atoms with Crippen LogP contribution in [0.5, 0.6) is 5.75 Å². The molecule has 30 heavy (non-hydrogen) atoms. The molecule has 0 fully saturated rings. The predicted molar refractivity (Wildman–Crippen MR) is 115 cm³/mol. The van der Waals surface area contributed by atoms with Crippen LogP contribution in [-0.4, -0.2) is 26.9 Å². The number of rotatable bonds is 5. The van der Waals surface area contributed by atoms with Crippen molar-refractivity contribution in [3.05, 3.63) is 83.1 Å². The number of nitrogens with zero attached hydrogens (tertiary/aromatic N) is 4. The van der Waals surface area contributed by atoms with Crippen molar-refractivity contribution < 1.29 is 9.15 Å². The molecule has 0 radical (unpaired) electrons. The Hall–Kier alpha value is -3.65. The Kier molecular flexibility index (Phi) is 4.68. The number of aromatic nitrogens is 4. The van der Waals surface area contributed by atoms with Gasteiger partial charge in [0.2, 0.25) is 0 Å². The number of hydrogen-bond acceptors (Lipinski definition) is 7. The molecular weight excluding hydrogens is 400 g/mol. The Morgan fingerprint density at radius 1 is 1.07 bits per heavy atom. The van der Waals surface area contributed by atoms with E-state index in [1.54, 1.807) is 24.1 Å². The van der Waals surface area contributed by atoms with E-state index in [0.717, 1.165) is 32.7 Å². The lowest BCUT2D eigenvalue weighted by molar-refractivity contribution is 0.414. The molecule has 0 spiro atoms. The lowest BCUT2D eigenvalue weighted by Gasteiger charge is -2.07. The quantitative estimate of drug-likeness (QED) is 0.241. The number of ether oxygens (including phenoxy) is 1. The van der Waals surface area contributed by atoms with Crippen molar-refractivity contribution in [2.24, 2.45) is 0 Å². The van der Waals surface area contributed by atoms with Gasteiger partial charge in [0.15, 0.2) is 5.65 Å². The first kappa shape index (κ1) is 18.4. The van der Waals surface area contributed by atoms with Gasteiger partial charge in [-0.2, -0.15) is 5.10 Å². The summed E-state index contributed by atoms with van der Waals surface area (Å²) in [5, 5.41) is 7.02. The Labute approximate surface area is 175 Å². The minimum Gasteiger partial charge on any atom is -0.497 e. The van der Waals surface area contributed by atoms with E-state index in [1.807, 2.05) is 42.5 Å². The highest BCUT2D eigenvalue weighted by Crippen LogP contribution is 2.31. The topological polar surface area (TPSA) is 83.0 Å². The molecule has 0 amide bonds. The molecule has 0 aliphatic rings. The Balaban J connectivity index is 1.50. The van der Waals surface area contributed by atoms with Crippen LogP contribution in [0.1, 0.15) is 5.56 Å². The molecule has 0 saturated heterocycles. The van der Waals surface area contributed by atoms with E-state index in [9.17, 15) is 4.79 Å². The van der Waals surface area contributed by atoms with Crippen LogP contribution in [0.2, 0.25) is 0 Å². The van der Waals surface area contributed by atoms with Crippen LogP contribution in [0, 0.1) is 0 Å². The van der Waals surface area contributed by atoms with Crippen LogP contribution < -0.4 is 10.4 Å². The van der Waals surface area contributed by atoms with Crippen LogP contribution >= 0.6 is 11.8 Å². The van der Waals surface area contributed by atoms with Crippen LogP contribution in [0.25, 0.3) is 27.7 Å². The SMILES string of the molecule is COc1ccc2c(CSc3ncnc4c3cnn4-c3ccccc3)cc(=O)oc2c1. The molecule has 0 bridgehead atoms.